The molecule has 0 aliphatic carbocycles. The van der Waals surface area contributed by atoms with Gasteiger partial charge in [0.15, 0.2) is 5.16 Å². The molecule has 0 aliphatic heterocycles. The summed E-state index contributed by atoms with van der Waals surface area (Å²) < 4.78 is 6.55. The number of thiophene rings is 1. The van der Waals surface area contributed by atoms with Crippen LogP contribution in [0.2, 0.25) is 0 Å². The van der Waals surface area contributed by atoms with Crippen LogP contribution in [-0.2, 0) is 16.1 Å². The lowest BCUT2D eigenvalue weighted by Crippen LogP contribution is -2.29. The van der Waals surface area contributed by atoms with Crippen molar-refractivity contribution in [1.29, 1.82) is 0 Å². The van der Waals surface area contributed by atoms with Gasteiger partial charge in [0.25, 0.3) is 5.56 Å². The number of fused-ring (bicyclic) bond motifs is 1. The van der Waals surface area contributed by atoms with E-state index in [1.54, 1.807) is 42.0 Å². The van der Waals surface area contributed by atoms with E-state index >= 15 is 0 Å². The number of anilines is 1. The summed E-state index contributed by atoms with van der Waals surface area (Å²) in [6, 6.07) is 8.30. The number of para-hydroxylation sites is 1. The number of esters is 1. The second kappa shape index (κ2) is 7.71. The van der Waals surface area contributed by atoms with Gasteiger partial charge < -0.3 is 10.1 Å². The standard InChI is InChI=1S/C17H15N3O4S2/c1-24-16(23)10-5-3-4-6-11(10)18-13(21)9-20-15(22)14-12(7-8-26-14)19-17(20)25-2/h3-8H,9H2,1-2H3,(H,18,21). The molecule has 26 heavy (non-hydrogen) atoms. The maximum absolute atomic E-state index is 12.6. The molecule has 0 unspecified atom stereocenters. The predicted octanol–water partition coefficient (Wildman–Crippen LogP) is 2.61. The minimum Gasteiger partial charge on any atom is -0.465 e. The summed E-state index contributed by atoms with van der Waals surface area (Å²) in [5.74, 6) is -0.985. The summed E-state index contributed by atoms with van der Waals surface area (Å²) in [6.07, 6.45) is 1.79. The molecule has 0 aliphatic rings. The number of hydrogen-bond donors (Lipinski definition) is 1. The lowest BCUT2D eigenvalue weighted by molar-refractivity contribution is -0.116. The molecule has 0 atom stereocenters. The van der Waals surface area contributed by atoms with Crippen molar-refractivity contribution in [3.8, 4) is 0 Å². The van der Waals surface area contributed by atoms with Crippen LogP contribution in [0.15, 0.2) is 45.7 Å². The van der Waals surface area contributed by atoms with Crippen LogP contribution in [0.1, 0.15) is 10.4 Å². The summed E-state index contributed by atoms with van der Waals surface area (Å²) in [5.41, 5.74) is 0.934. The van der Waals surface area contributed by atoms with Gasteiger partial charge in [-0.1, -0.05) is 23.9 Å². The van der Waals surface area contributed by atoms with Gasteiger partial charge in [-0.15, -0.1) is 11.3 Å². The first-order chi connectivity index (χ1) is 12.5. The molecule has 2 aromatic heterocycles. The van der Waals surface area contributed by atoms with Gasteiger partial charge in [-0.25, -0.2) is 9.78 Å². The van der Waals surface area contributed by atoms with E-state index in [1.807, 2.05) is 0 Å². The van der Waals surface area contributed by atoms with Crippen molar-refractivity contribution in [2.75, 3.05) is 18.7 Å². The van der Waals surface area contributed by atoms with Crippen LogP contribution in [0.3, 0.4) is 0 Å². The molecular weight excluding hydrogens is 374 g/mol. The summed E-state index contributed by atoms with van der Waals surface area (Å²) in [6.45, 7) is -0.203. The number of ether oxygens (including phenoxy) is 1. The molecule has 0 radical (unpaired) electrons. The van der Waals surface area contributed by atoms with E-state index in [4.69, 9.17) is 4.74 Å². The van der Waals surface area contributed by atoms with E-state index in [0.29, 0.717) is 21.1 Å². The quantitative estimate of drug-likeness (QED) is 0.410. The maximum Gasteiger partial charge on any atom is 0.339 e. The summed E-state index contributed by atoms with van der Waals surface area (Å²) in [4.78, 5) is 41.3. The highest BCUT2D eigenvalue weighted by Crippen LogP contribution is 2.20. The Morgan fingerprint density at radius 2 is 2.08 bits per heavy atom. The van der Waals surface area contributed by atoms with Gasteiger partial charge in [-0.2, -0.15) is 0 Å². The molecule has 0 saturated carbocycles. The van der Waals surface area contributed by atoms with Crippen molar-refractivity contribution in [2.45, 2.75) is 11.7 Å². The zero-order valence-electron chi connectivity index (χ0n) is 14.0. The Morgan fingerprint density at radius 3 is 2.81 bits per heavy atom. The van der Waals surface area contributed by atoms with Crippen molar-refractivity contribution in [1.82, 2.24) is 9.55 Å². The Morgan fingerprint density at radius 1 is 1.31 bits per heavy atom. The summed E-state index contributed by atoms with van der Waals surface area (Å²) >= 11 is 2.58. The smallest absolute Gasteiger partial charge is 0.339 e. The third-order valence-electron chi connectivity index (χ3n) is 3.62. The third kappa shape index (κ3) is 3.49. The fourth-order valence-electron chi connectivity index (χ4n) is 2.43. The number of thioether (sulfide) groups is 1. The first-order valence-corrected chi connectivity index (χ1v) is 9.64. The summed E-state index contributed by atoms with van der Waals surface area (Å²) in [7, 11) is 1.27. The van der Waals surface area contributed by atoms with E-state index in [2.05, 4.69) is 10.3 Å². The molecule has 0 bridgehead atoms. The largest absolute Gasteiger partial charge is 0.465 e. The van der Waals surface area contributed by atoms with Gasteiger partial charge in [-0.3, -0.25) is 14.2 Å². The normalized spacial score (nSPS) is 10.7. The van der Waals surface area contributed by atoms with E-state index in [9.17, 15) is 14.4 Å². The van der Waals surface area contributed by atoms with Crippen LogP contribution < -0.4 is 10.9 Å². The van der Waals surface area contributed by atoms with E-state index in [1.165, 1.54) is 34.8 Å². The molecule has 0 fully saturated rings. The first-order valence-electron chi connectivity index (χ1n) is 7.54. The number of aromatic nitrogens is 2. The number of carbonyl (C=O) groups is 2. The minimum atomic E-state index is -0.551. The molecule has 0 saturated heterocycles. The average Bonchev–Trinajstić information content (AvgIpc) is 3.12. The van der Waals surface area contributed by atoms with E-state index in [-0.39, 0.29) is 17.7 Å². The summed E-state index contributed by atoms with van der Waals surface area (Å²) in [5, 5.41) is 4.91. The second-order valence-electron chi connectivity index (χ2n) is 5.21. The van der Waals surface area contributed by atoms with Crippen LogP contribution in [0.25, 0.3) is 10.2 Å². The Hall–Kier alpha value is -2.65. The third-order valence-corrected chi connectivity index (χ3v) is 5.19. The Balaban J connectivity index is 1.90. The van der Waals surface area contributed by atoms with Crippen molar-refractivity contribution in [3.05, 3.63) is 51.6 Å². The maximum atomic E-state index is 12.6. The predicted molar refractivity (Wildman–Crippen MR) is 102 cm³/mol. The molecule has 1 N–H and O–H groups in total. The van der Waals surface area contributed by atoms with Crippen molar-refractivity contribution in [3.63, 3.8) is 0 Å². The molecule has 9 heteroatoms. The lowest BCUT2D eigenvalue weighted by atomic mass is 10.2. The van der Waals surface area contributed by atoms with Crippen LogP contribution >= 0.6 is 23.1 Å². The average molecular weight is 389 g/mol. The fourth-order valence-corrected chi connectivity index (χ4v) is 3.77. The zero-order valence-corrected chi connectivity index (χ0v) is 15.6. The number of nitrogens with one attached hydrogen (secondary N) is 1. The molecule has 3 aromatic rings. The molecule has 134 valence electrons. The molecule has 3 rings (SSSR count). The minimum absolute atomic E-state index is 0.203. The van der Waals surface area contributed by atoms with Crippen LogP contribution in [-0.4, -0.2) is 34.8 Å². The van der Waals surface area contributed by atoms with E-state index < -0.39 is 11.9 Å². The van der Waals surface area contributed by atoms with Gasteiger partial charge in [0, 0.05) is 0 Å². The van der Waals surface area contributed by atoms with Crippen LogP contribution in [0.5, 0.6) is 0 Å². The number of hydrogen-bond acceptors (Lipinski definition) is 7. The molecular formula is C17H15N3O4S2. The lowest BCUT2D eigenvalue weighted by Gasteiger charge is -2.12. The molecule has 1 amide bonds. The van der Waals surface area contributed by atoms with Crippen LogP contribution in [0, 0.1) is 0 Å². The molecule has 1 aromatic carbocycles. The zero-order chi connectivity index (χ0) is 18.7. The van der Waals surface area contributed by atoms with Crippen LogP contribution in [0.4, 0.5) is 5.69 Å². The number of amides is 1. The van der Waals surface area contributed by atoms with Crippen molar-refractivity contribution in [2.24, 2.45) is 0 Å². The second-order valence-corrected chi connectivity index (χ2v) is 6.90. The highest BCUT2D eigenvalue weighted by atomic mass is 32.2. The van der Waals surface area contributed by atoms with Gasteiger partial charge in [-0.05, 0) is 29.8 Å². The van der Waals surface area contributed by atoms with Gasteiger partial charge >= 0.3 is 5.97 Å². The number of methoxy groups -OCH3 is 1. The Kier molecular flexibility index (Phi) is 5.38. The van der Waals surface area contributed by atoms with Gasteiger partial charge in [0.05, 0.1) is 23.9 Å². The van der Waals surface area contributed by atoms with Crippen molar-refractivity contribution >= 4 is 50.9 Å². The Labute approximate surface area is 157 Å². The monoisotopic (exact) mass is 389 g/mol. The highest BCUT2D eigenvalue weighted by Gasteiger charge is 2.17. The van der Waals surface area contributed by atoms with Gasteiger partial charge in [0.1, 0.15) is 11.2 Å². The topological polar surface area (TPSA) is 90.3 Å². The molecule has 7 nitrogen and oxygen atoms in total. The van der Waals surface area contributed by atoms with E-state index in [0.717, 1.165) is 0 Å². The SMILES string of the molecule is COC(=O)c1ccccc1NC(=O)Cn1c(SC)nc2ccsc2c1=O. The van der Waals surface area contributed by atoms with Crippen molar-refractivity contribution < 1.29 is 14.3 Å². The Bertz CT molecular complexity index is 1040. The number of carbonyl (C=O) groups excluding carboxylic acids is 2. The number of nitrogens with zero attached hydrogens (tertiary/aromatic N) is 2. The first kappa shape index (κ1) is 18.2. The number of benzene rings is 1. The molecule has 2 heterocycles. The highest BCUT2D eigenvalue weighted by molar-refractivity contribution is 7.98. The van der Waals surface area contributed by atoms with Gasteiger partial charge in [0.2, 0.25) is 5.91 Å². The fraction of sp³-hybridized carbons (Fsp3) is 0.176. The number of rotatable bonds is 5. The molecule has 0 spiro atoms.